The molecule has 1 unspecified atom stereocenters. The number of carbonyl (C=O) groups excluding carboxylic acids is 1. The number of morpholine rings is 1. The SMILES string of the molecule is COc1ccc(C(C)=O)c(OCC2CN(Cc3ccc(N(C)C)c(C#N)c3F)CCO2)c1OC. The van der Waals surface area contributed by atoms with Gasteiger partial charge in [0, 0.05) is 39.3 Å². The quantitative estimate of drug-likeness (QED) is 0.516. The van der Waals surface area contributed by atoms with Gasteiger partial charge in [-0.15, -0.1) is 0 Å². The van der Waals surface area contributed by atoms with Crippen molar-refractivity contribution in [2.75, 3.05) is 59.5 Å². The second-order valence-electron chi connectivity index (χ2n) is 8.21. The highest BCUT2D eigenvalue weighted by atomic mass is 19.1. The first-order valence-electron chi connectivity index (χ1n) is 10.9. The Bertz CT molecular complexity index is 1080. The number of halogens is 1. The monoisotopic (exact) mass is 471 g/mol. The first-order chi connectivity index (χ1) is 16.3. The average molecular weight is 472 g/mol. The Morgan fingerprint density at radius 3 is 2.62 bits per heavy atom. The normalized spacial score (nSPS) is 16.0. The van der Waals surface area contributed by atoms with Crippen LogP contribution in [0, 0.1) is 17.1 Å². The molecule has 2 aromatic rings. The second kappa shape index (κ2) is 11.2. The smallest absolute Gasteiger partial charge is 0.204 e. The first kappa shape index (κ1) is 25.3. The first-order valence-corrected chi connectivity index (χ1v) is 10.9. The summed E-state index contributed by atoms with van der Waals surface area (Å²) in [4.78, 5) is 15.9. The molecule has 2 aromatic carbocycles. The molecule has 1 heterocycles. The fourth-order valence-electron chi connectivity index (χ4n) is 3.97. The topological polar surface area (TPSA) is 84.3 Å². The molecule has 1 aliphatic heterocycles. The average Bonchev–Trinajstić information content (AvgIpc) is 2.83. The van der Waals surface area contributed by atoms with E-state index >= 15 is 4.39 Å². The predicted octanol–water partition coefficient (Wildman–Crippen LogP) is 3.26. The van der Waals surface area contributed by atoms with E-state index in [9.17, 15) is 10.1 Å². The van der Waals surface area contributed by atoms with Gasteiger partial charge >= 0.3 is 0 Å². The molecule has 9 heteroatoms. The molecule has 1 atom stereocenters. The van der Waals surface area contributed by atoms with Crippen LogP contribution in [0.4, 0.5) is 10.1 Å². The Balaban J connectivity index is 1.73. The van der Waals surface area contributed by atoms with E-state index < -0.39 is 5.82 Å². The van der Waals surface area contributed by atoms with Crippen molar-refractivity contribution in [1.29, 1.82) is 5.26 Å². The number of anilines is 1. The maximum Gasteiger partial charge on any atom is 0.204 e. The van der Waals surface area contributed by atoms with E-state index in [1.54, 1.807) is 43.3 Å². The zero-order valence-electron chi connectivity index (χ0n) is 20.2. The largest absolute Gasteiger partial charge is 0.493 e. The zero-order valence-corrected chi connectivity index (χ0v) is 20.2. The van der Waals surface area contributed by atoms with Crippen LogP contribution in [0.3, 0.4) is 0 Å². The second-order valence-corrected chi connectivity index (χ2v) is 8.21. The molecule has 0 bridgehead atoms. The number of hydrogen-bond donors (Lipinski definition) is 0. The van der Waals surface area contributed by atoms with E-state index in [1.807, 2.05) is 6.07 Å². The minimum Gasteiger partial charge on any atom is -0.493 e. The van der Waals surface area contributed by atoms with Gasteiger partial charge in [-0.1, -0.05) is 6.07 Å². The predicted molar refractivity (Wildman–Crippen MR) is 126 cm³/mol. The Hall–Kier alpha value is -3.35. The molecule has 1 saturated heterocycles. The van der Waals surface area contributed by atoms with Crippen LogP contribution in [0.2, 0.25) is 0 Å². The van der Waals surface area contributed by atoms with Crippen LogP contribution >= 0.6 is 0 Å². The number of ether oxygens (including phenoxy) is 4. The van der Waals surface area contributed by atoms with Crippen molar-refractivity contribution in [2.45, 2.75) is 19.6 Å². The minimum atomic E-state index is -0.500. The summed E-state index contributed by atoms with van der Waals surface area (Å²) < 4.78 is 37.6. The molecule has 1 fully saturated rings. The lowest BCUT2D eigenvalue weighted by molar-refractivity contribution is -0.0510. The summed E-state index contributed by atoms with van der Waals surface area (Å²) in [6, 6.07) is 8.75. The number of hydrogen-bond acceptors (Lipinski definition) is 8. The van der Waals surface area contributed by atoms with Gasteiger partial charge in [0.2, 0.25) is 5.75 Å². The van der Waals surface area contributed by atoms with Gasteiger partial charge in [0.15, 0.2) is 17.3 Å². The Labute approximate surface area is 199 Å². The molecule has 8 nitrogen and oxygen atoms in total. The van der Waals surface area contributed by atoms with E-state index in [0.29, 0.717) is 60.3 Å². The van der Waals surface area contributed by atoms with Gasteiger partial charge < -0.3 is 23.8 Å². The summed E-state index contributed by atoms with van der Waals surface area (Å²) in [6.07, 6.45) is -0.302. The highest BCUT2D eigenvalue weighted by Gasteiger charge is 2.26. The molecular weight excluding hydrogens is 441 g/mol. The van der Waals surface area contributed by atoms with Crippen LogP contribution in [-0.4, -0.2) is 71.4 Å². The maximum absolute atomic E-state index is 15.0. The van der Waals surface area contributed by atoms with Gasteiger partial charge in [-0.2, -0.15) is 5.26 Å². The molecule has 0 saturated carbocycles. The van der Waals surface area contributed by atoms with Gasteiger partial charge in [-0.3, -0.25) is 9.69 Å². The number of benzene rings is 2. The van der Waals surface area contributed by atoms with Crippen molar-refractivity contribution in [3.05, 3.63) is 46.8 Å². The van der Waals surface area contributed by atoms with E-state index in [1.165, 1.54) is 21.1 Å². The number of ketones is 1. The highest BCUT2D eigenvalue weighted by molar-refractivity contribution is 5.98. The molecule has 0 amide bonds. The van der Waals surface area contributed by atoms with E-state index in [2.05, 4.69) is 4.90 Å². The number of methoxy groups -OCH3 is 2. The van der Waals surface area contributed by atoms with Gasteiger partial charge in [0.25, 0.3) is 0 Å². The molecule has 0 aromatic heterocycles. The van der Waals surface area contributed by atoms with Crippen LogP contribution in [0.5, 0.6) is 17.2 Å². The van der Waals surface area contributed by atoms with Crippen molar-refractivity contribution in [2.24, 2.45) is 0 Å². The molecule has 3 rings (SSSR count). The Morgan fingerprint density at radius 2 is 2.00 bits per heavy atom. The van der Waals surface area contributed by atoms with Crippen LogP contribution in [-0.2, 0) is 11.3 Å². The van der Waals surface area contributed by atoms with E-state index in [4.69, 9.17) is 18.9 Å². The summed E-state index contributed by atoms with van der Waals surface area (Å²) >= 11 is 0. The number of nitriles is 1. The molecule has 0 aliphatic carbocycles. The Kier molecular flexibility index (Phi) is 8.31. The third kappa shape index (κ3) is 5.41. The van der Waals surface area contributed by atoms with Crippen LogP contribution in [0.25, 0.3) is 0 Å². The van der Waals surface area contributed by atoms with Crippen LogP contribution in [0.1, 0.15) is 28.4 Å². The molecule has 182 valence electrons. The van der Waals surface area contributed by atoms with E-state index in [-0.39, 0.29) is 24.1 Å². The molecule has 0 radical (unpaired) electrons. The van der Waals surface area contributed by atoms with Crippen LogP contribution in [0.15, 0.2) is 24.3 Å². The highest BCUT2D eigenvalue weighted by Crippen LogP contribution is 2.40. The Morgan fingerprint density at radius 1 is 1.24 bits per heavy atom. The lowest BCUT2D eigenvalue weighted by atomic mass is 10.1. The molecule has 1 aliphatic rings. The number of nitrogens with zero attached hydrogens (tertiary/aromatic N) is 3. The van der Waals surface area contributed by atoms with Crippen molar-refractivity contribution in [1.82, 2.24) is 4.90 Å². The van der Waals surface area contributed by atoms with Gasteiger partial charge in [-0.05, 0) is 25.1 Å². The van der Waals surface area contributed by atoms with Gasteiger partial charge in [0.05, 0.1) is 32.1 Å². The number of Topliss-reactive ketones (excluding diaryl/α,β-unsaturated/α-hetero) is 1. The minimum absolute atomic E-state index is 0.0394. The standard InChI is InChI=1S/C25H30FN3O5/c1-16(30)19-7-9-22(31-4)25(32-5)24(19)34-15-18-14-29(10-11-33-18)13-17-6-8-21(28(2)3)20(12-27)23(17)26/h6-9,18H,10-11,13-15H2,1-5H3. The summed E-state index contributed by atoms with van der Waals surface area (Å²) in [6.45, 7) is 3.54. The maximum atomic E-state index is 15.0. The van der Waals surface area contributed by atoms with Crippen molar-refractivity contribution < 1.29 is 28.1 Å². The van der Waals surface area contributed by atoms with Crippen LogP contribution < -0.4 is 19.1 Å². The molecular formula is C25H30FN3O5. The van der Waals surface area contributed by atoms with Crippen molar-refractivity contribution in [3.8, 4) is 23.3 Å². The van der Waals surface area contributed by atoms with Crippen molar-refractivity contribution in [3.63, 3.8) is 0 Å². The summed E-state index contributed by atoms with van der Waals surface area (Å²) in [7, 11) is 6.55. The lowest BCUT2D eigenvalue weighted by Gasteiger charge is -2.33. The number of carbonyl (C=O) groups is 1. The van der Waals surface area contributed by atoms with E-state index in [0.717, 1.165) is 0 Å². The third-order valence-corrected chi connectivity index (χ3v) is 5.70. The molecule has 34 heavy (non-hydrogen) atoms. The van der Waals surface area contributed by atoms with Crippen molar-refractivity contribution >= 4 is 11.5 Å². The van der Waals surface area contributed by atoms with Gasteiger partial charge in [-0.25, -0.2) is 4.39 Å². The molecule has 0 N–H and O–H groups in total. The summed E-state index contributed by atoms with van der Waals surface area (Å²) in [5, 5.41) is 9.43. The summed E-state index contributed by atoms with van der Waals surface area (Å²) in [5.74, 6) is 0.444. The lowest BCUT2D eigenvalue weighted by Crippen LogP contribution is -2.44. The third-order valence-electron chi connectivity index (χ3n) is 5.70. The van der Waals surface area contributed by atoms with Gasteiger partial charge in [0.1, 0.15) is 30.2 Å². The summed E-state index contributed by atoms with van der Waals surface area (Å²) in [5.41, 5.74) is 1.43. The zero-order chi connectivity index (χ0) is 24.8. The fourth-order valence-corrected chi connectivity index (χ4v) is 3.97. The fraction of sp³-hybridized carbons (Fsp3) is 0.440. The molecule has 0 spiro atoms. The number of rotatable bonds is 9.